The summed E-state index contributed by atoms with van der Waals surface area (Å²) in [6, 6.07) is 4.51. The highest BCUT2D eigenvalue weighted by Gasteiger charge is 2.28. The van der Waals surface area contributed by atoms with Crippen LogP contribution in [0.1, 0.15) is 11.3 Å². The van der Waals surface area contributed by atoms with Gasteiger partial charge in [0.05, 0.1) is 6.10 Å². The smallest absolute Gasteiger partial charge is 0.0711 e. The van der Waals surface area contributed by atoms with E-state index >= 15 is 0 Å². The van der Waals surface area contributed by atoms with Crippen LogP contribution in [-0.2, 0) is 6.42 Å². The number of nitrogens with zero attached hydrogens (tertiary/aromatic N) is 2. The van der Waals surface area contributed by atoms with Gasteiger partial charge < -0.3 is 10.0 Å². The average Bonchev–Trinajstić information content (AvgIpc) is 2.82. The highest BCUT2D eigenvalue weighted by Crippen LogP contribution is 2.17. The van der Waals surface area contributed by atoms with Crippen LogP contribution in [0.25, 0.3) is 0 Å². The minimum absolute atomic E-state index is 0.218. The van der Waals surface area contributed by atoms with Gasteiger partial charge in [-0.25, -0.2) is 0 Å². The van der Waals surface area contributed by atoms with Crippen molar-refractivity contribution in [1.29, 1.82) is 0 Å². The number of hydrogen-bond donors (Lipinski definition) is 1. The Labute approximate surface area is 108 Å². The van der Waals surface area contributed by atoms with Crippen molar-refractivity contribution in [2.45, 2.75) is 25.0 Å². The molecular formula is C13H22N2OS. The van der Waals surface area contributed by atoms with Crippen molar-refractivity contribution in [1.82, 2.24) is 9.80 Å². The molecule has 1 fully saturated rings. The number of aliphatic hydroxyl groups is 1. The summed E-state index contributed by atoms with van der Waals surface area (Å²) in [5, 5.41) is 12.4. The summed E-state index contributed by atoms with van der Waals surface area (Å²) in [5.74, 6) is 0. The van der Waals surface area contributed by atoms with Gasteiger partial charge in [0.1, 0.15) is 0 Å². The number of thiophene rings is 1. The van der Waals surface area contributed by atoms with Gasteiger partial charge in [-0.2, -0.15) is 0 Å². The number of piperazine rings is 1. The van der Waals surface area contributed by atoms with E-state index in [-0.39, 0.29) is 12.1 Å². The zero-order chi connectivity index (χ0) is 12.3. The van der Waals surface area contributed by atoms with Crippen LogP contribution in [0.2, 0.25) is 0 Å². The third kappa shape index (κ3) is 3.52. The maximum Gasteiger partial charge on any atom is 0.0711 e. The van der Waals surface area contributed by atoms with Crippen LogP contribution >= 0.6 is 11.3 Å². The van der Waals surface area contributed by atoms with E-state index in [1.807, 2.05) is 0 Å². The van der Waals surface area contributed by atoms with Gasteiger partial charge in [0.2, 0.25) is 0 Å². The summed E-state index contributed by atoms with van der Waals surface area (Å²) in [7, 11) is 4.25. The maximum absolute atomic E-state index is 10.3. The minimum atomic E-state index is -0.218. The predicted octanol–water partition coefficient (Wildman–Crippen LogP) is 1.29. The molecule has 0 aromatic carbocycles. The Hall–Kier alpha value is -0.420. The number of aliphatic hydroxyl groups excluding tert-OH is 1. The van der Waals surface area contributed by atoms with E-state index in [0.717, 1.165) is 32.5 Å². The van der Waals surface area contributed by atoms with Crippen LogP contribution in [0, 0.1) is 0 Å². The molecule has 2 rings (SSSR count). The molecule has 0 saturated carbocycles. The lowest BCUT2D eigenvalue weighted by Gasteiger charge is -2.40. The molecule has 2 unspecified atom stereocenters. The third-order valence-corrected chi connectivity index (χ3v) is 4.55. The Morgan fingerprint density at radius 3 is 3.00 bits per heavy atom. The molecular weight excluding hydrogens is 232 g/mol. The molecule has 1 saturated heterocycles. The van der Waals surface area contributed by atoms with Gasteiger partial charge in [0.25, 0.3) is 0 Å². The molecule has 4 heteroatoms. The zero-order valence-corrected chi connectivity index (χ0v) is 11.5. The van der Waals surface area contributed by atoms with E-state index < -0.39 is 0 Å². The summed E-state index contributed by atoms with van der Waals surface area (Å²) in [4.78, 5) is 5.97. The van der Waals surface area contributed by atoms with Crippen molar-refractivity contribution in [2.24, 2.45) is 0 Å². The first-order valence-corrected chi connectivity index (χ1v) is 7.14. The zero-order valence-electron chi connectivity index (χ0n) is 10.7. The molecule has 3 nitrogen and oxygen atoms in total. The van der Waals surface area contributed by atoms with E-state index in [4.69, 9.17) is 0 Å². The van der Waals surface area contributed by atoms with Crippen molar-refractivity contribution in [3.05, 3.63) is 22.4 Å². The molecule has 0 amide bonds. The highest BCUT2D eigenvalue weighted by atomic mass is 32.1. The minimum Gasteiger partial charge on any atom is -0.391 e. The maximum atomic E-state index is 10.3. The van der Waals surface area contributed by atoms with Crippen molar-refractivity contribution in [3.63, 3.8) is 0 Å². The van der Waals surface area contributed by atoms with Crippen LogP contribution in [0.5, 0.6) is 0 Å². The van der Waals surface area contributed by atoms with Gasteiger partial charge in [-0.1, -0.05) is 6.07 Å². The molecule has 1 aromatic heterocycles. The standard InChI is InChI=1S/C13H22N2OS/c1-14-7-8-15(2)12(10-14)13(16)6-5-11-4-3-9-17-11/h3-4,9,12-13,16H,5-8,10H2,1-2H3. The van der Waals surface area contributed by atoms with Crippen LogP contribution in [0.15, 0.2) is 17.5 Å². The fourth-order valence-corrected chi connectivity index (χ4v) is 3.12. The molecule has 0 radical (unpaired) electrons. The predicted molar refractivity (Wildman–Crippen MR) is 72.6 cm³/mol. The van der Waals surface area contributed by atoms with Crippen LogP contribution in [-0.4, -0.2) is 60.8 Å². The first-order chi connectivity index (χ1) is 8.16. The van der Waals surface area contributed by atoms with Gasteiger partial charge in [-0.15, -0.1) is 11.3 Å². The second-order valence-corrected chi connectivity index (χ2v) is 6.03. The second kappa shape index (κ2) is 5.96. The van der Waals surface area contributed by atoms with E-state index in [1.54, 1.807) is 11.3 Å². The van der Waals surface area contributed by atoms with Crippen molar-refractivity contribution < 1.29 is 5.11 Å². The Kier molecular flexibility index (Phi) is 4.56. The summed E-state index contributed by atoms with van der Waals surface area (Å²) >= 11 is 1.78. The summed E-state index contributed by atoms with van der Waals surface area (Å²) < 4.78 is 0. The first-order valence-electron chi connectivity index (χ1n) is 6.26. The van der Waals surface area contributed by atoms with E-state index in [9.17, 15) is 5.11 Å². The van der Waals surface area contributed by atoms with Crippen molar-refractivity contribution in [2.75, 3.05) is 33.7 Å². The third-order valence-electron chi connectivity index (χ3n) is 3.61. The Morgan fingerprint density at radius 2 is 2.29 bits per heavy atom. The molecule has 2 atom stereocenters. The second-order valence-electron chi connectivity index (χ2n) is 5.00. The molecule has 1 N–H and O–H groups in total. The number of likely N-dealkylation sites (N-methyl/N-ethyl adjacent to an activating group) is 2. The molecule has 2 heterocycles. The lowest BCUT2D eigenvalue weighted by atomic mass is 10.0. The van der Waals surface area contributed by atoms with E-state index in [2.05, 4.69) is 41.4 Å². The van der Waals surface area contributed by atoms with Crippen molar-refractivity contribution in [3.8, 4) is 0 Å². The average molecular weight is 254 g/mol. The molecule has 0 spiro atoms. The van der Waals surface area contributed by atoms with E-state index in [1.165, 1.54) is 4.88 Å². The number of rotatable bonds is 4. The molecule has 0 aliphatic carbocycles. The Bertz CT molecular complexity index is 328. The fraction of sp³-hybridized carbons (Fsp3) is 0.692. The summed E-state index contributed by atoms with van der Waals surface area (Å²) in [5.41, 5.74) is 0. The van der Waals surface area contributed by atoms with Crippen molar-refractivity contribution >= 4 is 11.3 Å². The van der Waals surface area contributed by atoms with Crippen LogP contribution in [0.3, 0.4) is 0 Å². The van der Waals surface area contributed by atoms with Gasteiger partial charge in [0, 0.05) is 30.6 Å². The van der Waals surface area contributed by atoms with Crippen LogP contribution in [0.4, 0.5) is 0 Å². The Balaban J connectivity index is 1.83. The highest BCUT2D eigenvalue weighted by molar-refractivity contribution is 7.09. The molecule has 1 aliphatic heterocycles. The van der Waals surface area contributed by atoms with Crippen LogP contribution < -0.4 is 0 Å². The molecule has 0 bridgehead atoms. The fourth-order valence-electron chi connectivity index (χ4n) is 2.40. The van der Waals surface area contributed by atoms with Gasteiger partial charge in [-0.3, -0.25) is 4.90 Å². The summed E-state index contributed by atoms with van der Waals surface area (Å²) in [6.45, 7) is 3.13. The molecule has 96 valence electrons. The monoisotopic (exact) mass is 254 g/mol. The van der Waals surface area contributed by atoms with E-state index in [0.29, 0.717) is 0 Å². The van der Waals surface area contributed by atoms with Gasteiger partial charge >= 0.3 is 0 Å². The lowest BCUT2D eigenvalue weighted by molar-refractivity contribution is 0.0112. The van der Waals surface area contributed by atoms with Gasteiger partial charge in [-0.05, 0) is 38.4 Å². The summed E-state index contributed by atoms with van der Waals surface area (Å²) in [6.07, 6.45) is 1.64. The largest absolute Gasteiger partial charge is 0.391 e. The quantitative estimate of drug-likeness (QED) is 0.877. The normalized spacial score (nSPS) is 25.0. The molecule has 17 heavy (non-hydrogen) atoms. The SMILES string of the molecule is CN1CCN(C)C(C(O)CCc2cccs2)C1. The number of aryl methyl sites for hydroxylation is 1. The topological polar surface area (TPSA) is 26.7 Å². The molecule has 1 aliphatic rings. The first kappa shape index (κ1) is 13.0. The Morgan fingerprint density at radius 1 is 1.47 bits per heavy atom. The molecule has 1 aromatic rings. The lowest BCUT2D eigenvalue weighted by Crippen LogP contribution is -2.55. The van der Waals surface area contributed by atoms with Gasteiger partial charge in [0.15, 0.2) is 0 Å². The number of hydrogen-bond acceptors (Lipinski definition) is 4.